The summed E-state index contributed by atoms with van der Waals surface area (Å²) in [6.07, 6.45) is 5.14. The van der Waals surface area contributed by atoms with Gasteiger partial charge in [-0.05, 0) is 42.4 Å². The predicted octanol–water partition coefficient (Wildman–Crippen LogP) is 4.28. The van der Waals surface area contributed by atoms with E-state index < -0.39 is 5.97 Å². The number of carboxylic acid groups (broad SMARTS) is 1. The van der Waals surface area contributed by atoms with Crippen molar-refractivity contribution < 1.29 is 9.90 Å². The zero-order chi connectivity index (χ0) is 13.9. The highest BCUT2D eigenvalue weighted by atomic mass is 16.4. The van der Waals surface area contributed by atoms with Gasteiger partial charge in [-0.25, -0.2) is 0 Å². The molecular formula is C16H26O2. The van der Waals surface area contributed by atoms with Gasteiger partial charge in [0.05, 0.1) is 6.42 Å². The molecule has 18 heavy (non-hydrogen) atoms. The lowest BCUT2D eigenvalue weighted by molar-refractivity contribution is -0.138. The topological polar surface area (TPSA) is 37.3 Å². The number of hydrogen-bond acceptors (Lipinski definition) is 1. The molecule has 2 unspecified atom stereocenters. The molecule has 1 aliphatic rings. The lowest BCUT2D eigenvalue weighted by Gasteiger charge is -2.42. The Balaban J connectivity index is 2.86. The summed E-state index contributed by atoms with van der Waals surface area (Å²) >= 11 is 0. The first-order valence-electron chi connectivity index (χ1n) is 6.77. The van der Waals surface area contributed by atoms with Gasteiger partial charge >= 0.3 is 5.97 Å². The van der Waals surface area contributed by atoms with Crippen LogP contribution in [0.4, 0.5) is 0 Å². The first-order valence-corrected chi connectivity index (χ1v) is 6.77. The molecular weight excluding hydrogens is 224 g/mol. The second kappa shape index (κ2) is 5.73. The molecule has 0 aromatic rings. The van der Waals surface area contributed by atoms with Crippen LogP contribution in [0.1, 0.15) is 46.5 Å². The third-order valence-electron chi connectivity index (χ3n) is 4.28. The lowest BCUT2D eigenvalue weighted by atomic mass is 9.63. The second-order valence-corrected chi connectivity index (χ2v) is 6.63. The van der Waals surface area contributed by atoms with Crippen LogP contribution in [0.2, 0.25) is 0 Å². The minimum Gasteiger partial charge on any atom is -0.481 e. The van der Waals surface area contributed by atoms with E-state index in [1.54, 1.807) is 0 Å². The highest BCUT2D eigenvalue weighted by molar-refractivity contribution is 5.67. The average Bonchev–Trinajstić information content (AvgIpc) is 2.21. The Hall–Kier alpha value is -1.05. The minimum absolute atomic E-state index is 0.130. The fraction of sp³-hybridized carbons (Fsp3) is 0.688. The van der Waals surface area contributed by atoms with Crippen LogP contribution < -0.4 is 0 Å². The number of rotatable bonds is 4. The molecule has 0 bridgehead atoms. The van der Waals surface area contributed by atoms with Crippen molar-refractivity contribution in [2.24, 2.45) is 23.2 Å². The molecule has 0 spiro atoms. The number of hydrogen-bond donors (Lipinski definition) is 1. The smallest absolute Gasteiger partial charge is 0.303 e. The van der Waals surface area contributed by atoms with Crippen molar-refractivity contribution in [3.05, 3.63) is 24.8 Å². The molecule has 2 heteroatoms. The van der Waals surface area contributed by atoms with Crippen molar-refractivity contribution in [3.63, 3.8) is 0 Å². The number of allylic oxidation sites excluding steroid dienone is 2. The molecule has 102 valence electrons. The fourth-order valence-corrected chi connectivity index (χ4v) is 3.00. The Morgan fingerprint density at radius 1 is 1.39 bits per heavy atom. The summed E-state index contributed by atoms with van der Waals surface area (Å²) in [6.45, 7) is 14.7. The van der Waals surface area contributed by atoms with Crippen LogP contribution in [-0.4, -0.2) is 11.1 Å². The molecule has 1 saturated carbocycles. The normalized spacial score (nSPS) is 29.1. The maximum atomic E-state index is 11.0. The molecule has 3 atom stereocenters. The fourth-order valence-electron chi connectivity index (χ4n) is 3.00. The van der Waals surface area contributed by atoms with Crippen LogP contribution in [0.15, 0.2) is 24.8 Å². The molecule has 0 heterocycles. The molecule has 0 radical (unpaired) electrons. The quantitative estimate of drug-likeness (QED) is 0.756. The van der Waals surface area contributed by atoms with Crippen molar-refractivity contribution in [1.29, 1.82) is 0 Å². The molecule has 1 rings (SSSR count). The van der Waals surface area contributed by atoms with E-state index >= 15 is 0 Å². The lowest BCUT2D eigenvalue weighted by Crippen LogP contribution is -2.33. The van der Waals surface area contributed by atoms with Crippen molar-refractivity contribution in [2.75, 3.05) is 0 Å². The van der Waals surface area contributed by atoms with Crippen LogP contribution in [0.5, 0.6) is 0 Å². The summed E-state index contributed by atoms with van der Waals surface area (Å²) in [5, 5.41) is 9.03. The van der Waals surface area contributed by atoms with Crippen molar-refractivity contribution in [1.82, 2.24) is 0 Å². The van der Waals surface area contributed by atoms with Crippen LogP contribution >= 0.6 is 0 Å². The van der Waals surface area contributed by atoms with E-state index in [1.165, 1.54) is 0 Å². The van der Waals surface area contributed by atoms with Gasteiger partial charge in [0, 0.05) is 0 Å². The van der Waals surface area contributed by atoms with Crippen LogP contribution in [0, 0.1) is 23.2 Å². The van der Waals surface area contributed by atoms with E-state index in [0.29, 0.717) is 11.8 Å². The van der Waals surface area contributed by atoms with Crippen molar-refractivity contribution in [2.45, 2.75) is 46.5 Å². The molecule has 1 fully saturated rings. The molecule has 0 aliphatic heterocycles. The highest BCUT2D eigenvalue weighted by Crippen LogP contribution is 2.46. The molecule has 0 amide bonds. The van der Waals surface area contributed by atoms with E-state index in [4.69, 9.17) is 5.11 Å². The Morgan fingerprint density at radius 2 is 1.94 bits per heavy atom. The summed E-state index contributed by atoms with van der Waals surface area (Å²) in [5.74, 6) is 0.389. The highest BCUT2D eigenvalue weighted by Gasteiger charge is 2.37. The maximum Gasteiger partial charge on any atom is 0.303 e. The summed E-state index contributed by atoms with van der Waals surface area (Å²) in [4.78, 5) is 11.0. The van der Waals surface area contributed by atoms with E-state index in [-0.39, 0.29) is 17.8 Å². The van der Waals surface area contributed by atoms with Gasteiger partial charge in [-0.3, -0.25) is 4.79 Å². The van der Waals surface area contributed by atoms with E-state index in [0.717, 1.165) is 24.8 Å². The average molecular weight is 250 g/mol. The van der Waals surface area contributed by atoms with E-state index in [9.17, 15) is 4.79 Å². The van der Waals surface area contributed by atoms with Gasteiger partial charge in [0.1, 0.15) is 0 Å². The molecule has 2 nitrogen and oxygen atoms in total. The number of aliphatic carboxylic acids is 1. The van der Waals surface area contributed by atoms with Gasteiger partial charge in [0.15, 0.2) is 0 Å². The van der Waals surface area contributed by atoms with Crippen LogP contribution in [-0.2, 0) is 4.79 Å². The minimum atomic E-state index is -0.715. The largest absolute Gasteiger partial charge is 0.481 e. The zero-order valence-electron chi connectivity index (χ0n) is 11.9. The van der Waals surface area contributed by atoms with Gasteiger partial charge < -0.3 is 5.11 Å². The van der Waals surface area contributed by atoms with Gasteiger partial charge in [0.25, 0.3) is 0 Å². The molecule has 0 aromatic heterocycles. The summed E-state index contributed by atoms with van der Waals surface area (Å²) in [6, 6.07) is 0. The molecule has 0 saturated heterocycles. The van der Waals surface area contributed by atoms with Gasteiger partial charge in [-0.2, -0.15) is 0 Å². The summed E-state index contributed by atoms with van der Waals surface area (Å²) in [5.41, 5.74) is 1.36. The first kappa shape index (κ1) is 15.0. The maximum absolute atomic E-state index is 11.0. The van der Waals surface area contributed by atoms with Gasteiger partial charge in [-0.1, -0.05) is 39.0 Å². The molecule has 1 N–H and O–H groups in total. The zero-order valence-corrected chi connectivity index (χ0v) is 11.9. The van der Waals surface area contributed by atoms with E-state index in [2.05, 4.69) is 33.9 Å². The monoisotopic (exact) mass is 250 g/mol. The Labute approximate surface area is 111 Å². The third-order valence-corrected chi connectivity index (χ3v) is 4.28. The second-order valence-electron chi connectivity index (χ2n) is 6.63. The summed E-state index contributed by atoms with van der Waals surface area (Å²) < 4.78 is 0. The molecule has 0 aromatic carbocycles. The summed E-state index contributed by atoms with van der Waals surface area (Å²) in [7, 11) is 0. The van der Waals surface area contributed by atoms with E-state index in [1.807, 2.05) is 6.08 Å². The first-order chi connectivity index (χ1) is 8.25. The van der Waals surface area contributed by atoms with Gasteiger partial charge in [-0.15, -0.1) is 6.58 Å². The van der Waals surface area contributed by atoms with Crippen LogP contribution in [0.25, 0.3) is 0 Å². The number of carboxylic acids is 1. The number of carbonyl (C=O) groups is 1. The van der Waals surface area contributed by atoms with Gasteiger partial charge in [0.2, 0.25) is 0 Å². The Bertz CT molecular complexity index is 335. The molecule has 1 aliphatic carbocycles. The SMILES string of the molecule is C=CCC1CC(C(C)(C)C)C[C@@H](CC(=O)O)C1=C. The predicted molar refractivity (Wildman–Crippen MR) is 75.4 cm³/mol. The standard InChI is InChI=1S/C16H26O2/c1-6-7-12-8-14(16(3,4)5)9-13(11(12)2)10-15(17)18/h6,12-14H,1-2,7-10H2,3-5H3,(H,17,18)/t12?,13-,14?/m0/s1. The Kier molecular flexibility index (Phi) is 4.78. The van der Waals surface area contributed by atoms with Crippen LogP contribution in [0.3, 0.4) is 0 Å². The third kappa shape index (κ3) is 3.72. The Morgan fingerprint density at radius 3 is 2.39 bits per heavy atom. The van der Waals surface area contributed by atoms with Crippen molar-refractivity contribution in [3.8, 4) is 0 Å². The van der Waals surface area contributed by atoms with Crippen molar-refractivity contribution >= 4 is 5.97 Å².